The fourth-order valence-corrected chi connectivity index (χ4v) is 3.37. The smallest absolute Gasteiger partial charge is 0.228 e. The molecular formula is C21H29N5O2. The van der Waals surface area contributed by atoms with Gasteiger partial charge in [0.05, 0.1) is 0 Å². The van der Waals surface area contributed by atoms with Crippen LogP contribution in [0.1, 0.15) is 32.3 Å². The number of rotatable bonds is 7. The van der Waals surface area contributed by atoms with Gasteiger partial charge in [-0.1, -0.05) is 0 Å². The lowest BCUT2D eigenvalue weighted by Gasteiger charge is -2.22. The van der Waals surface area contributed by atoms with Crippen LogP contribution in [-0.4, -0.2) is 42.4 Å². The second-order valence-corrected chi connectivity index (χ2v) is 6.98. The minimum Gasteiger partial charge on any atom is -0.381 e. The third-order valence-electron chi connectivity index (χ3n) is 5.11. The second kappa shape index (κ2) is 9.50. The molecule has 2 aromatic rings. The summed E-state index contributed by atoms with van der Waals surface area (Å²) in [5, 5.41) is 14.5. The molecule has 1 amide bonds. The molecule has 1 aromatic heterocycles. The van der Waals surface area contributed by atoms with Gasteiger partial charge in [-0.3, -0.25) is 4.79 Å². The van der Waals surface area contributed by atoms with E-state index in [1.54, 1.807) is 6.07 Å². The number of carbonyl (C=O) groups excluding carboxylic acids is 1. The molecule has 0 spiro atoms. The number of nitrogens with one attached hydrogen (secondary N) is 2. The molecule has 7 nitrogen and oxygen atoms in total. The van der Waals surface area contributed by atoms with Gasteiger partial charge < -0.3 is 20.3 Å². The van der Waals surface area contributed by atoms with Gasteiger partial charge in [-0.2, -0.15) is 0 Å². The van der Waals surface area contributed by atoms with Crippen LogP contribution < -0.4 is 15.5 Å². The van der Waals surface area contributed by atoms with Gasteiger partial charge in [0.2, 0.25) is 5.91 Å². The fraction of sp³-hybridized carbons (Fsp3) is 0.476. The van der Waals surface area contributed by atoms with Gasteiger partial charge in [0, 0.05) is 43.6 Å². The van der Waals surface area contributed by atoms with Crippen LogP contribution in [0.4, 0.5) is 23.0 Å². The van der Waals surface area contributed by atoms with E-state index in [2.05, 4.69) is 64.7 Å². The standard InChI is InChI=1S/C21H29N5O2/c1-4-26(5-2)17-6-7-18(15(3)14-17)22-19-8-9-20(25-24-19)23-21(27)16-10-12-28-13-11-16/h6-9,14,16H,4-5,10-13H2,1-3H3,(H,22,24)(H,23,25,27). The number of aryl methyl sites for hydroxylation is 1. The van der Waals surface area contributed by atoms with Crippen LogP contribution in [0, 0.1) is 12.8 Å². The predicted octanol–water partition coefficient (Wildman–Crippen LogP) is 3.74. The molecule has 0 saturated carbocycles. The maximum atomic E-state index is 12.3. The van der Waals surface area contributed by atoms with Crippen LogP contribution in [-0.2, 0) is 9.53 Å². The molecule has 2 heterocycles. The van der Waals surface area contributed by atoms with Crippen LogP contribution in [0.15, 0.2) is 30.3 Å². The number of benzene rings is 1. The number of hydrogen-bond acceptors (Lipinski definition) is 6. The Morgan fingerprint density at radius 2 is 1.79 bits per heavy atom. The molecule has 1 fully saturated rings. The third-order valence-corrected chi connectivity index (χ3v) is 5.11. The Morgan fingerprint density at radius 3 is 2.39 bits per heavy atom. The molecule has 2 N–H and O–H groups in total. The molecule has 1 aromatic carbocycles. The van der Waals surface area contributed by atoms with Crippen LogP contribution in [0.5, 0.6) is 0 Å². The maximum absolute atomic E-state index is 12.3. The molecule has 0 unspecified atom stereocenters. The van der Waals surface area contributed by atoms with E-state index >= 15 is 0 Å². The first-order valence-electron chi connectivity index (χ1n) is 9.95. The quantitative estimate of drug-likeness (QED) is 0.758. The Bertz CT molecular complexity index is 784. The van der Waals surface area contributed by atoms with Gasteiger partial charge in [0.1, 0.15) is 0 Å². The summed E-state index contributed by atoms with van der Waals surface area (Å²) in [5.41, 5.74) is 3.35. The first-order valence-corrected chi connectivity index (χ1v) is 9.95. The second-order valence-electron chi connectivity index (χ2n) is 6.98. The average Bonchev–Trinajstić information content (AvgIpc) is 2.73. The molecule has 0 aliphatic carbocycles. The van der Waals surface area contributed by atoms with Crippen LogP contribution >= 0.6 is 0 Å². The van der Waals surface area contributed by atoms with Crippen molar-refractivity contribution >= 4 is 28.9 Å². The van der Waals surface area contributed by atoms with E-state index in [1.165, 1.54) is 5.69 Å². The van der Waals surface area contributed by atoms with Gasteiger partial charge in [0.25, 0.3) is 0 Å². The first-order chi connectivity index (χ1) is 13.6. The fourth-order valence-electron chi connectivity index (χ4n) is 3.37. The summed E-state index contributed by atoms with van der Waals surface area (Å²) in [6.45, 7) is 9.62. The van der Waals surface area contributed by atoms with Crippen LogP contribution in [0.3, 0.4) is 0 Å². The lowest BCUT2D eigenvalue weighted by atomic mass is 9.99. The Labute approximate surface area is 166 Å². The lowest BCUT2D eigenvalue weighted by Crippen LogP contribution is -2.28. The molecule has 28 heavy (non-hydrogen) atoms. The van der Waals surface area contributed by atoms with E-state index in [1.807, 2.05) is 6.07 Å². The number of amides is 1. The van der Waals surface area contributed by atoms with Gasteiger partial charge in [-0.05, 0) is 69.5 Å². The highest BCUT2D eigenvalue weighted by molar-refractivity contribution is 5.91. The summed E-state index contributed by atoms with van der Waals surface area (Å²) in [6, 6.07) is 9.94. The van der Waals surface area contributed by atoms with Crippen molar-refractivity contribution in [2.45, 2.75) is 33.6 Å². The van der Waals surface area contributed by atoms with Crippen molar-refractivity contribution in [3.05, 3.63) is 35.9 Å². The highest BCUT2D eigenvalue weighted by atomic mass is 16.5. The number of ether oxygens (including phenoxy) is 1. The molecule has 3 rings (SSSR count). The molecule has 150 valence electrons. The van der Waals surface area contributed by atoms with Gasteiger partial charge in [-0.25, -0.2) is 0 Å². The Hall–Kier alpha value is -2.67. The summed E-state index contributed by atoms with van der Waals surface area (Å²) in [6.07, 6.45) is 1.50. The monoisotopic (exact) mass is 383 g/mol. The van der Waals surface area contributed by atoms with E-state index in [0.717, 1.165) is 37.2 Å². The van der Waals surface area contributed by atoms with Crippen molar-refractivity contribution in [3.8, 4) is 0 Å². The summed E-state index contributed by atoms with van der Waals surface area (Å²) < 4.78 is 5.30. The molecule has 0 bridgehead atoms. The van der Waals surface area contributed by atoms with E-state index in [9.17, 15) is 4.79 Å². The van der Waals surface area contributed by atoms with E-state index in [4.69, 9.17) is 4.74 Å². The van der Waals surface area contributed by atoms with Gasteiger partial charge >= 0.3 is 0 Å². The van der Waals surface area contributed by atoms with Crippen molar-refractivity contribution in [2.75, 3.05) is 41.8 Å². The molecule has 0 atom stereocenters. The van der Waals surface area contributed by atoms with Crippen LogP contribution in [0.2, 0.25) is 0 Å². The molecular weight excluding hydrogens is 354 g/mol. The zero-order valence-electron chi connectivity index (χ0n) is 16.9. The largest absolute Gasteiger partial charge is 0.381 e. The molecule has 1 saturated heterocycles. The SMILES string of the molecule is CCN(CC)c1ccc(Nc2ccc(NC(=O)C3CCOCC3)nn2)c(C)c1. The average molecular weight is 383 g/mol. The number of hydrogen-bond donors (Lipinski definition) is 2. The summed E-state index contributed by atoms with van der Waals surface area (Å²) >= 11 is 0. The number of anilines is 4. The normalized spacial score (nSPS) is 14.5. The summed E-state index contributed by atoms with van der Waals surface area (Å²) in [5.74, 6) is 1.08. The highest BCUT2D eigenvalue weighted by Crippen LogP contribution is 2.25. The highest BCUT2D eigenvalue weighted by Gasteiger charge is 2.21. The summed E-state index contributed by atoms with van der Waals surface area (Å²) in [4.78, 5) is 14.6. The zero-order valence-corrected chi connectivity index (χ0v) is 16.9. The molecule has 1 aliphatic heterocycles. The van der Waals surface area contributed by atoms with Gasteiger partial charge in [0.15, 0.2) is 11.6 Å². The molecule has 1 aliphatic rings. The minimum atomic E-state index is -0.0136. The molecule has 0 radical (unpaired) electrons. The van der Waals surface area contributed by atoms with E-state index in [0.29, 0.717) is 24.8 Å². The third kappa shape index (κ3) is 4.98. The van der Waals surface area contributed by atoms with E-state index in [-0.39, 0.29) is 11.8 Å². The number of nitrogens with zero attached hydrogens (tertiary/aromatic N) is 3. The first kappa shape index (κ1) is 20.1. The zero-order chi connectivity index (χ0) is 19.9. The Kier molecular flexibility index (Phi) is 6.81. The Morgan fingerprint density at radius 1 is 1.11 bits per heavy atom. The number of aromatic nitrogens is 2. The predicted molar refractivity (Wildman–Crippen MR) is 112 cm³/mol. The summed E-state index contributed by atoms with van der Waals surface area (Å²) in [7, 11) is 0. The minimum absolute atomic E-state index is 0.0128. The van der Waals surface area contributed by atoms with E-state index < -0.39 is 0 Å². The van der Waals surface area contributed by atoms with Crippen molar-refractivity contribution < 1.29 is 9.53 Å². The van der Waals surface area contributed by atoms with Crippen molar-refractivity contribution in [2.24, 2.45) is 5.92 Å². The van der Waals surface area contributed by atoms with Crippen molar-refractivity contribution in [3.63, 3.8) is 0 Å². The topological polar surface area (TPSA) is 79.4 Å². The molecule has 7 heteroatoms. The van der Waals surface area contributed by atoms with Crippen molar-refractivity contribution in [1.29, 1.82) is 0 Å². The lowest BCUT2D eigenvalue weighted by molar-refractivity contribution is -0.122. The van der Waals surface area contributed by atoms with Gasteiger partial charge in [-0.15, -0.1) is 10.2 Å². The maximum Gasteiger partial charge on any atom is 0.228 e. The van der Waals surface area contributed by atoms with Crippen LogP contribution in [0.25, 0.3) is 0 Å². The Balaban J connectivity index is 1.61. The number of carbonyl (C=O) groups is 1. The van der Waals surface area contributed by atoms with Crippen molar-refractivity contribution in [1.82, 2.24) is 10.2 Å².